The molecule has 0 aliphatic heterocycles. The highest BCUT2D eigenvalue weighted by molar-refractivity contribution is 5.47. The van der Waals surface area contributed by atoms with Crippen molar-refractivity contribution in [3.8, 4) is 0 Å². The fraction of sp³-hybridized carbons (Fsp3) is 0.471. The second-order valence-corrected chi connectivity index (χ2v) is 5.58. The van der Waals surface area contributed by atoms with E-state index in [1.807, 2.05) is 19.4 Å². The van der Waals surface area contributed by atoms with Gasteiger partial charge in [-0.1, -0.05) is 19.1 Å². The van der Waals surface area contributed by atoms with Gasteiger partial charge in [0.2, 0.25) is 0 Å². The predicted molar refractivity (Wildman–Crippen MR) is 88.5 cm³/mol. The number of aryl methyl sites for hydroxylation is 1. The molecule has 0 aliphatic carbocycles. The zero-order valence-electron chi connectivity index (χ0n) is 13.5. The summed E-state index contributed by atoms with van der Waals surface area (Å²) < 4.78 is 2.06. The molecule has 1 N–H and O–H groups in total. The summed E-state index contributed by atoms with van der Waals surface area (Å²) in [5.41, 5.74) is 2.54. The average Bonchev–Trinajstić information content (AvgIpc) is 2.90. The minimum Gasteiger partial charge on any atom is -0.367 e. The van der Waals surface area contributed by atoms with Crippen LogP contribution in [0.4, 0.5) is 5.69 Å². The van der Waals surface area contributed by atoms with Crippen molar-refractivity contribution in [1.82, 2.24) is 14.9 Å². The number of nitrogens with zero attached hydrogens (tertiary/aromatic N) is 3. The molecule has 0 saturated heterocycles. The Labute approximate surface area is 127 Å². The molecule has 0 spiro atoms. The summed E-state index contributed by atoms with van der Waals surface area (Å²) in [5.74, 6) is 1.07. The van der Waals surface area contributed by atoms with Crippen molar-refractivity contribution in [3.63, 3.8) is 0 Å². The maximum absolute atomic E-state index is 4.37. The lowest BCUT2D eigenvalue weighted by molar-refractivity contribution is 0.570. The van der Waals surface area contributed by atoms with E-state index < -0.39 is 0 Å². The topological polar surface area (TPSA) is 33.1 Å². The van der Waals surface area contributed by atoms with Crippen molar-refractivity contribution in [2.45, 2.75) is 32.9 Å². The van der Waals surface area contributed by atoms with Gasteiger partial charge in [-0.3, -0.25) is 0 Å². The molecule has 114 valence electrons. The van der Waals surface area contributed by atoms with Crippen LogP contribution in [-0.2, 0) is 13.6 Å². The molecule has 0 aliphatic rings. The van der Waals surface area contributed by atoms with Crippen LogP contribution in [0.5, 0.6) is 0 Å². The number of rotatable bonds is 7. The van der Waals surface area contributed by atoms with Gasteiger partial charge in [-0.15, -0.1) is 0 Å². The molecule has 1 aromatic heterocycles. The summed E-state index contributed by atoms with van der Waals surface area (Å²) in [5, 5.41) is 3.51. The predicted octanol–water partition coefficient (Wildman–Crippen LogP) is 3.12. The van der Waals surface area contributed by atoms with Crippen LogP contribution >= 0.6 is 0 Å². The number of nitrogens with one attached hydrogen (secondary N) is 1. The fourth-order valence-electron chi connectivity index (χ4n) is 2.35. The second-order valence-electron chi connectivity index (χ2n) is 5.58. The molecule has 21 heavy (non-hydrogen) atoms. The molecule has 1 atom stereocenters. The van der Waals surface area contributed by atoms with Gasteiger partial charge in [-0.2, -0.15) is 0 Å². The Morgan fingerprint density at radius 3 is 2.57 bits per heavy atom. The van der Waals surface area contributed by atoms with Crippen LogP contribution in [-0.4, -0.2) is 23.1 Å². The van der Waals surface area contributed by atoms with Crippen LogP contribution < -0.4 is 10.2 Å². The van der Waals surface area contributed by atoms with Crippen LogP contribution in [0.2, 0.25) is 0 Å². The van der Waals surface area contributed by atoms with E-state index in [0.717, 1.165) is 25.3 Å². The van der Waals surface area contributed by atoms with Crippen molar-refractivity contribution < 1.29 is 0 Å². The molecule has 0 bridgehead atoms. The van der Waals surface area contributed by atoms with Gasteiger partial charge in [-0.25, -0.2) is 4.98 Å². The van der Waals surface area contributed by atoms with Crippen LogP contribution in [0.1, 0.15) is 37.7 Å². The van der Waals surface area contributed by atoms with E-state index in [-0.39, 0.29) is 0 Å². The zero-order valence-corrected chi connectivity index (χ0v) is 13.5. The van der Waals surface area contributed by atoms with Gasteiger partial charge in [0.15, 0.2) is 0 Å². The average molecular weight is 286 g/mol. The highest BCUT2D eigenvalue weighted by Crippen LogP contribution is 2.19. The van der Waals surface area contributed by atoms with E-state index in [2.05, 4.69) is 64.9 Å². The Balaban J connectivity index is 1.99. The molecule has 2 rings (SSSR count). The lowest BCUT2D eigenvalue weighted by atomic mass is 10.1. The van der Waals surface area contributed by atoms with Crippen molar-refractivity contribution in [1.29, 1.82) is 0 Å². The zero-order chi connectivity index (χ0) is 15.2. The molecule has 0 fully saturated rings. The number of aromatic nitrogens is 2. The minimum absolute atomic E-state index is 0.402. The molecule has 1 aromatic carbocycles. The Morgan fingerprint density at radius 1 is 1.29 bits per heavy atom. The Hall–Kier alpha value is -1.81. The SMILES string of the molecule is CCCNC(C)c1ccc(N(C)Cc2nccn2C)cc1. The molecule has 0 amide bonds. The molecule has 2 aromatic rings. The first-order valence-electron chi connectivity index (χ1n) is 7.62. The maximum atomic E-state index is 4.37. The van der Waals surface area contributed by atoms with Crippen LogP contribution in [0.25, 0.3) is 0 Å². The molecule has 1 heterocycles. The third kappa shape index (κ3) is 4.08. The number of imidazole rings is 1. The summed E-state index contributed by atoms with van der Waals surface area (Å²) in [7, 11) is 4.13. The normalized spacial score (nSPS) is 12.4. The van der Waals surface area contributed by atoms with Crippen LogP contribution in [0, 0.1) is 0 Å². The first-order valence-corrected chi connectivity index (χ1v) is 7.62. The molecular weight excluding hydrogens is 260 g/mol. The van der Waals surface area contributed by atoms with Crippen molar-refractivity contribution in [2.24, 2.45) is 7.05 Å². The van der Waals surface area contributed by atoms with Crippen LogP contribution in [0.15, 0.2) is 36.7 Å². The Morgan fingerprint density at radius 2 is 2.00 bits per heavy atom. The monoisotopic (exact) mass is 286 g/mol. The van der Waals surface area contributed by atoms with Crippen molar-refractivity contribution in [3.05, 3.63) is 48.0 Å². The van der Waals surface area contributed by atoms with Gasteiger partial charge < -0.3 is 14.8 Å². The summed E-state index contributed by atoms with van der Waals surface area (Å²) in [6.07, 6.45) is 4.98. The third-order valence-electron chi connectivity index (χ3n) is 3.83. The molecule has 0 radical (unpaired) electrons. The highest BCUT2D eigenvalue weighted by atomic mass is 15.2. The largest absolute Gasteiger partial charge is 0.367 e. The first kappa shape index (κ1) is 15.6. The molecule has 0 saturated carbocycles. The van der Waals surface area contributed by atoms with E-state index in [4.69, 9.17) is 0 Å². The number of anilines is 1. The van der Waals surface area contributed by atoms with Gasteiger partial charge in [0.05, 0.1) is 6.54 Å². The number of hydrogen-bond acceptors (Lipinski definition) is 3. The molecule has 1 unspecified atom stereocenters. The summed E-state index contributed by atoms with van der Waals surface area (Å²) in [6, 6.07) is 9.18. The van der Waals surface area contributed by atoms with E-state index >= 15 is 0 Å². The van der Waals surface area contributed by atoms with E-state index in [0.29, 0.717) is 6.04 Å². The quantitative estimate of drug-likeness (QED) is 0.849. The Kier molecular flexibility index (Phi) is 5.39. The summed E-state index contributed by atoms with van der Waals surface area (Å²) in [4.78, 5) is 6.59. The van der Waals surface area contributed by atoms with Gasteiger partial charge in [0.1, 0.15) is 5.82 Å². The Bertz CT molecular complexity index is 544. The summed E-state index contributed by atoms with van der Waals surface area (Å²) in [6.45, 7) is 6.27. The first-order chi connectivity index (χ1) is 10.1. The van der Waals surface area contributed by atoms with Crippen molar-refractivity contribution >= 4 is 5.69 Å². The maximum Gasteiger partial charge on any atom is 0.127 e. The van der Waals surface area contributed by atoms with Gasteiger partial charge >= 0.3 is 0 Å². The minimum atomic E-state index is 0.402. The third-order valence-corrected chi connectivity index (χ3v) is 3.83. The van der Waals surface area contributed by atoms with Crippen LogP contribution in [0.3, 0.4) is 0 Å². The van der Waals surface area contributed by atoms with E-state index in [9.17, 15) is 0 Å². The standard InChI is InChI=1S/C17H26N4/c1-5-10-18-14(2)15-6-8-16(9-7-15)21(4)13-17-19-11-12-20(17)3/h6-9,11-12,14,18H,5,10,13H2,1-4H3. The van der Waals surface area contributed by atoms with Gasteiger partial charge in [0.25, 0.3) is 0 Å². The molecule has 4 heteroatoms. The number of hydrogen-bond donors (Lipinski definition) is 1. The number of benzene rings is 1. The molecule has 4 nitrogen and oxygen atoms in total. The lowest BCUT2D eigenvalue weighted by Gasteiger charge is -2.20. The highest BCUT2D eigenvalue weighted by Gasteiger charge is 2.08. The summed E-state index contributed by atoms with van der Waals surface area (Å²) >= 11 is 0. The van der Waals surface area contributed by atoms with Crippen molar-refractivity contribution in [2.75, 3.05) is 18.5 Å². The smallest absolute Gasteiger partial charge is 0.127 e. The lowest BCUT2D eigenvalue weighted by Crippen LogP contribution is -2.20. The fourth-order valence-corrected chi connectivity index (χ4v) is 2.35. The second kappa shape index (κ2) is 7.27. The van der Waals surface area contributed by atoms with E-state index in [1.54, 1.807) is 0 Å². The molecular formula is C17H26N4. The van der Waals surface area contributed by atoms with E-state index in [1.165, 1.54) is 11.3 Å². The van der Waals surface area contributed by atoms with Gasteiger partial charge in [-0.05, 0) is 37.6 Å². The van der Waals surface area contributed by atoms with Gasteiger partial charge in [0, 0.05) is 38.2 Å².